The maximum absolute atomic E-state index is 6.14. The highest BCUT2D eigenvalue weighted by Gasteiger charge is 2.14. The molecule has 0 fully saturated rings. The van der Waals surface area contributed by atoms with Gasteiger partial charge in [-0.3, -0.25) is 4.40 Å². The van der Waals surface area contributed by atoms with Crippen molar-refractivity contribution >= 4 is 27.4 Å². The Kier molecular flexibility index (Phi) is 2.22. The molecule has 0 radical (unpaired) electrons. The van der Waals surface area contributed by atoms with Crippen LogP contribution in [0.5, 0.6) is 0 Å². The van der Waals surface area contributed by atoms with Gasteiger partial charge in [0.15, 0.2) is 0 Å². The summed E-state index contributed by atoms with van der Waals surface area (Å²) >= 11 is 3.49. The fourth-order valence-electron chi connectivity index (χ4n) is 1.90. The first kappa shape index (κ1) is 10.4. The molecular weight excluding hydrogens is 282 g/mol. The number of rotatable bonds is 1. The molecule has 0 unspecified atom stereocenters. The number of aryl methyl sites for hydroxylation is 1. The zero-order chi connectivity index (χ0) is 12.0. The quantitative estimate of drug-likeness (QED) is 0.749. The Morgan fingerprint density at radius 1 is 1.35 bits per heavy atom. The SMILES string of the molecule is Cc1c(Br)ccc2nc(-c3ccoc3)c(N)n12. The standard InChI is InChI=1S/C12H10BrN3O/c1-7-9(13)2-3-10-15-11(12(14)16(7)10)8-4-5-17-6-8/h2-6H,14H2,1H3. The Morgan fingerprint density at radius 2 is 2.18 bits per heavy atom. The second-order valence-electron chi connectivity index (χ2n) is 3.82. The third kappa shape index (κ3) is 1.46. The highest BCUT2D eigenvalue weighted by atomic mass is 79.9. The lowest BCUT2D eigenvalue weighted by Crippen LogP contribution is -1.98. The van der Waals surface area contributed by atoms with Gasteiger partial charge in [0.1, 0.15) is 17.2 Å². The molecule has 2 N–H and O–H groups in total. The van der Waals surface area contributed by atoms with Gasteiger partial charge in [-0.05, 0) is 41.1 Å². The van der Waals surface area contributed by atoms with Crippen LogP contribution in [0.1, 0.15) is 5.69 Å². The monoisotopic (exact) mass is 291 g/mol. The molecule has 86 valence electrons. The molecule has 4 nitrogen and oxygen atoms in total. The summed E-state index contributed by atoms with van der Waals surface area (Å²) in [5, 5.41) is 0. The molecule has 3 heterocycles. The molecule has 0 bridgehead atoms. The lowest BCUT2D eigenvalue weighted by Gasteiger charge is -2.03. The van der Waals surface area contributed by atoms with Crippen LogP contribution in [0.4, 0.5) is 5.82 Å². The summed E-state index contributed by atoms with van der Waals surface area (Å²) in [5.74, 6) is 0.625. The number of hydrogen-bond acceptors (Lipinski definition) is 3. The highest BCUT2D eigenvalue weighted by Crippen LogP contribution is 2.29. The van der Waals surface area contributed by atoms with Crippen LogP contribution >= 0.6 is 15.9 Å². The largest absolute Gasteiger partial charge is 0.472 e. The minimum absolute atomic E-state index is 0.625. The molecule has 0 spiro atoms. The molecule has 0 aliphatic carbocycles. The van der Waals surface area contributed by atoms with Crippen LogP contribution < -0.4 is 5.73 Å². The van der Waals surface area contributed by atoms with E-state index >= 15 is 0 Å². The molecule has 3 aromatic heterocycles. The maximum atomic E-state index is 6.14. The van der Waals surface area contributed by atoms with Crippen LogP contribution in [0.3, 0.4) is 0 Å². The van der Waals surface area contributed by atoms with Crippen LogP contribution in [0.2, 0.25) is 0 Å². The number of halogens is 1. The summed E-state index contributed by atoms with van der Waals surface area (Å²) in [6.07, 6.45) is 3.25. The van der Waals surface area contributed by atoms with E-state index in [1.54, 1.807) is 12.5 Å². The van der Waals surface area contributed by atoms with Gasteiger partial charge in [-0.25, -0.2) is 4.98 Å². The molecule has 5 heteroatoms. The molecule has 0 aliphatic heterocycles. The van der Waals surface area contributed by atoms with Crippen molar-refractivity contribution in [2.75, 3.05) is 5.73 Å². The van der Waals surface area contributed by atoms with E-state index in [2.05, 4.69) is 20.9 Å². The van der Waals surface area contributed by atoms with Crippen molar-refractivity contribution in [1.82, 2.24) is 9.38 Å². The summed E-state index contributed by atoms with van der Waals surface area (Å²) in [5.41, 5.74) is 9.64. The zero-order valence-electron chi connectivity index (χ0n) is 9.14. The Labute approximate surface area is 106 Å². The molecule has 17 heavy (non-hydrogen) atoms. The van der Waals surface area contributed by atoms with Crippen LogP contribution in [0, 0.1) is 6.92 Å². The first-order valence-electron chi connectivity index (χ1n) is 5.14. The molecule has 0 atom stereocenters. The summed E-state index contributed by atoms with van der Waals surface area (Å²) in [6, 6.07) is 5.75. The number of nitrogen functional groups attached to an aromatic ring is 1. The molecular formula is C12H10BrN3O. The van der Waals surface area contributed by atoms with Gasteiger partial charge in [-0.1, -0.05) is 0 Å². The van der Waals surface area contributed by atoms with Crippen molar-refractivity contribution in [2.24, 2.45) is 0 Å². The number of aromatic nitrogens is 2. The van der Waals surface area contributed by atoms with Crippen molar-refractivity contribution in [1.29, 1.82) is 0 Å². The molecule has 0 aliphatic rings. The predicted molar refractivity (Wildman–Crippen MR) is 69.7 cm³/mol. The summed E-state index contributed by atoms with van der Waals surface area (Å²) in [6.45, 7) is 1.99. The fraction of sp³-hybridized carbons (Fsp3) is 0.0833. The minimum Gasteiger partial charge on any atom is -0.472 e. The third-order valence-corrected chi connectivity index (χ3v) is 3.63. The topological polar surface area (TPSA) is 56.5 Å². The molecule has 0 saturated carbocycles. The van der Waals surface area contributed by atoms with Gasteiger partial charge in [0.05, 0.1) is 12.5 Å². The lowest BCUT2D eigenvalue weighted by atomic mass is 10.2. The molecule has 3 aromatic rings. The van der Waals surface area contributed by atoms with Crippen molar-refractivity contribution in [2.45, 2.75) is 6.92 Å². The van der Waals surface area contributed by atoms with Crippen LogP contribution in [0.25, 0.3) is 16.9 Å². The molecule has 0 amide bonds. The third-order valence-electron chi connectivity index (χ3n) is 2.79. The number of hydrogen-bond donors (Lipinski definition) is 1. The van der Waals surface area contributed by atoms with Crippen LogP contribution in [-0.2, 0) is 0 Å². The number of anilines is 1. The molecule has 3 rings (SSSR count). The summed E-state index contributed by atoms with van der Waals surface area (Å²) in [4.78, 5) is 4.51. The number of nitrogens with two attached hydrogens (primary N) is 1. The summed E-state index contributed by atoms with van der Waals surface area (Å²) < 4.78 is 7.99. The van der Waals surface area contributed by atoms with Gasteiger partial charge in [-0.2, -0.15) is 0 Å². The van der Waals surface area contributed by atoms with Crippen molar-refractivity contribution in [3.8, 4) is 11.3 Å². The highest BCUT2D eigenvalue weighted by molar-refractivity contribution is 9.10. The Balaban J connectivity index is 2.37. The average Bonchev–Trinajstić information content (AvgIpc) is 2.91. The second kappa shape index (κ2) is 3.63. The van der Waals surface area contributed by atoms with Crippen LogP contribution in [-0.4, -0.2) is 9.38 Å². The number of pyridine rings is 1. The number of fused-ring (bicyclic) bond motifs is 1. The first-order valence-corrected chi connectivity index (χ1v) is 5.93. The lowest BCUT2D eigenvalue weighted by molar-refractivity contribution is 0.568. The van der Waals surface area contributed by atoms with Crippen LogP contribution in [0.15, 0.2) is 39.6 Å². The normalized spacial score (nSPS) is 11.2. The predicted octanol–water partition coefficient (Wildman–Crippen LogP) is 3.25. The van der Waals surface area contributed by atoms with Crippen molar-refractivity contribution in [3.05, 3.63) is 40.9 Å². The second-order valence-corrected chi connectivity index (χ2v) is 4.67. The molecule has 0 saturated heterocycles. The maximum Gasteiger partial charge on any atom is 0.139 e. The Morgan fingerprint density at radius 3 is 2.88 bits per heavy atom. The first-order chi connectivity index (χ1) is 8.18. The minimum atomic E-state index is 0.625. The van der Waals surface area contributed by atoms with Gasteiger partial charge in [0.25, 0.3) is 0 Å². The summed E-state index contributed by atoms with van der Waals surface area (Å²) in [7, 11) is 0. The van der Waals surface area contributed by atoms with E-state index in [4.69, 9.17) is 10.2 Å². The van der Waals surface area contributed by atoms with Crippen molar-refractivity contribution in [3.63, 3.8) is 0 Å². The van der Waals surface area contributed by atoms with Gasteiger partial charge in [-0.15, -0.1) is 0 Å². The van der Waals surface area contributed by atoms with Gasteiger partial charge in [0.2, 0.25) is 0 Å². The van der Waals surface area contributed by atoms with Crippen molar-refractivity contribution < 1.29 is 4.42 Å². The Bertz CT molecular complexity index is 685. The average molecular weight is 292 g/mol. The van der Waals surface area contributed by atoms with Gasteiger partial charge >= 0.3 is 0 Å². The van der Waals surface area contributed by atoms with Gasteiger partial charge < -0.3 is 10.2 Å². The number of nitrogens with zero attached hydrogens (tertiary/aromatic N) is 2. The van der Waals surface area contributed by atoms with E-state index in [1.165, 1.54) is 0 Å². The smallest absolute Gasteiger partial charge is 0.139 e. The van der Waals surface area contributed by atoms with E-state index < -0.39 is 0 Å². The van der Waals surface area contributed by atoms with E-state index in [0.29, 0.717) is 5.82 Å². The zero-order valence-corrected chi connectivity index (χ0v) is 10.7. The van der Waals surface area contributed by atoms with E-state index in [0.717, 1.165) is 27.1 Å². The molecule has 0 aromatic carbocycles. The fourth-order valence-corrected chi connectivity index (χ4v) is 2.21. The number of imidazole rings is 1. The van der Waals surface area contributed by atoms with Gasteiger partial charge in [0, 0.05) is 15.7 Å². The Hall–Kier alpha value is -1.75. The van der Waals surface area contributed by atoms with E-state index in [1.807, 2.05) is 29.5 Å². The number of furan rings is 1. The van der Waals surface area contributed by atoms with E-state index in [-0.39, 0.29) is 0 Å². The van der Waals surface area contributed by atoms with E-state index in [9.17, 15) is 0 Å².